The normalized spacial score (nSPS) is 10.7. The number of hydrogen-bond donors (Lipinski definition) is 0. The first-order chi connectivity index (χ1) is 6.16. The Balaban J connectivity index is 2.86. The van der Waals surface area contributed by atoms with Gasteiger partial charge in [0.15, 0.2) is 0 Å². The summed E-state index contributed by atoms with van der Waals surface area (Å²) in [5.74, 6) is 0. The standard InChI is InChI=1S/C8H3Cl3N2/c9-4-1-5(10)8-6(2-4)13-7(11)3-12-8/h1-3H. The van der Waals surface area contributed by atoms with Crippen molar-refractivity contribution in [1.29, 1.82) is 0 Å². The van der Waals surface area contributed by atoms with Gasteiger partial charge in [-0.2, -0.15) is 0 Å². The Morgan fingerprint density at radius 2 is 1.85 bits per heavy atom. The molecule has 0 fully saturated rings. The van der Waals surface area contributed by atoms with Gasteiger partial charge in [-0.3, -0.25) is 0 Å². The minimum atomic E-state index is 0.325. The van der Waals surface area contributed by atoms with Gasteiger partial charge in [0.2, 0.25) is 0 Å². The van der Waals surface area contributed by atoms with Crippen LogP contribution >= 0.6 is 34.8 Å². The molecule has 0 amide bonds. The van der Waals surface area contributed by atoms with Crippen LogP contribution in [0.1, 0.15) is 0 Å². The van der Waals surface area contributed by atoms with Crippen molar-refractivity contribution in [2.24, 2.45) is 0 Å². The number of aromatic nitrogens is 2. The summed E-state index contributed by atoms with van der Waals surface area (Å²) in [5, 5.41) is 1.33. The van der Waals surface area contributed by atoms with Gasteiger partial charge in [-0.1, -0.05) is 34.8 Å². The van der Waals surface area contributed by atoms with Crippen LogP contribution in [0.3, 0.4) is 0 Å². The van der Waals surface area contributed by atoms with Gasteiger partial charge in [-0.25, -0.2) is 9.97 Å². The Morgan fingerprint density at radius 3 is 2.62 bits per heavy atom. The molecule has 0 atom stereocenters. The molecule has 66 valence electrons. The van der Waals surface area contributed by atoms with Gasteiger partial charge in [0.1, 0.15) is 10.7 Å². The van der Waals surface area contributed by atoms with E-state index in [1.165, 1.54) is 6.20 Å². The number of halogens is 3. The summed E-state index contributed by atoms with van der Waals surface area (Å²) in [6, 6.07) is 3.29. The molecule has 0 saturated carbocycles. The molecule has 2 nitrogen and oxygen atoms in total. The third-order valence-corrected chi connectivity index (χ3v) is 2.22. The molecule has 1 heterocycles. The average Bonchev–Trinajstić information content (AvgIpc) is 2.02. The van der Waals surface area contributed by atoms with Crippen molar-refractivity contribution in [3.05, 3.63) is 33.5 Å². The minimum Gasteiger partial charge on any atom is -0.250 e. The fraction of sp³-hybridized carbons (Fsp3) is 0. The van der Waals surface area contributed by atoms with Gasteiger partial charge >= 0.3 is 0 Å². The van der Waals surface area contributed by atoms with Gasteiger partial charge in [-0.15, -0.1) is 0 Å². The minimum absolute atomic E-state index is 0.325. The Morgan fingerprint density at radius 1 is 1.08 bits per heavy atom. The lowest BCUT2D eigenvalue weighted by Crippen LogP contribution is -1.84. The third kappa shape index (κ3) is 1.70. The summed E-state index contributed by atoms with van der Waals surface area (Å²) in [6.07, 6.45) is 1.45. The number of hydrogen-bond acceptors (Lipinski definition) is 2. The van der Waals surface area contributed by atoms with E-state index in [1.54, 1.807) is 12.1 Å². The van der Waals surface area contributed by atoms with Crippen LogP contribution in [0.4, 0.5) is 0 Å². The largest absolute Gasteiger partial charge is 0.250 e. The Labute approximate surface area is 89.5 Å². The molecule has 0 aliphatic carbocycles. The van der Waals surface area contributed by atoms with Crippen LogP contribution in [0, 0.1) is 0 Å². The lowest BCUT2D eigenvalue weighted by Gasteiger charge is -1.99. The van der Waals surface area contributed by atoms with Crippen LogP contribution in [0.25, 0.3) is 11.0 Å². The van der Waals surface area contributed by atoms with Crippen molar-refractivity contribution in [2.75, 3.05) is 0 Å². The molecular formula is C8H3Cl3N2. The number of rotatable bonds is 0. The summed E-state index contributed by atoms with van der Waals surface area (Å²) >= 11 is 17.3. The third-order valence-electron chi connectivity index (χ3n) is 1.54. The first-order valence-electron chi connectivity index (χ1n) is 3.44. The molecule has 0 radical (unpaired) electrons. The fourth-order valence-electron chi connectivity index (χ4n) is 1.03. The predicted molar refractivity (Wildman–Crippen MR) is 54.6 cm³/mol. The van der Waals surface area contributed by atoms with Crippen molar-refractivity contribution >= 4 is 45.8 Å². The van der Waals surface area contributed by atoms with Gasteiger partial charge in [0, 0.05) is 5.02 Å². The topological polar surface area (TPSA) is 25.8 Å². The van der Waals surface area contributed by atoms with Crippen LogP contribution in [0.15, 0.2) is 18.3 Å². The molecule has 2 aromatic rings. The smallest absolute Gasteiger partial charge is 0.148 e. The molecule has 2 rings (SSSR count). The lowest BCUT2D eigenvalue weighted by atomic mass is 10.3. The Bertz CT molecular complexity index is 465. The molecule has 0 aliphatic rings. The van der Waals surface area contributed by atoms with Crippen LogP contribution < -0.4 is 0 Å². The van der Waals surface area contributed by atoms with Crippen LogP contribution in [-0.2, 0) is 0 Å². The van der Waals surface area contributed by atoms with Crippen molar-refractivity contribution in [1.82, 2.24) is 9.97 Å². The first kappa shape index (κ1) is 9.00. The van der Waals surface area contributed by atoms with E-state index >= 15 is 0 Å². The Hall–Kier alpha value is -0.570. The highest BCUT2D eigenvalue weighted by atomic mass is 35.5. The van der Waals surface area contributed by atoms with Crippen molar-refractivity contribution in [3.8, 4) is 0 Å². The van der Waals surface area contributed by atoms with Crippen molar-refractivity contribution in [3.63, 3.8) is 0 Å². The maximum absolute atomic E-state index is 5.88. The zero-order valence-electron chi connectivity index (χ0n) is 6.26. The first-order valence-corrected chi connectivity index (χ1v) is 4.57. The summed E-state index contributed by atoms with van der Waals surface area (Å²) in [5.41, 5.74) is 1.21. The highest BCUT2D eigenvalue weighted by Crippen LogP contribution is 2.25. The second kappa shape index (κ2) is 3.29. The molecule has 0 saturated heterocycles. The molecular weight excluding hydrogens is 230 g/mol. The van der Waals surface area contributed by atoms with E-state index in [0.29, 0.717) is 26.2 Å². The summed E-state index contributed by atoms with van der Waals surface area (Å²) in [4.78, 5) is 8.07. The fourth-order valence-corrected chi connectivity index (χ4v) is 1.70. The van der Waals surface area contributed by atoms with Gasteiger partial charge in [0.05, 0.1) is 16.7 Å². The molecule has 1 aromatic heterocycles. The number of benzene rings is 1. The molecule has 0 spiro atoms. The molecule has 0 aliphatic heterocycles. The predicted octanol–water partition coefficient (Wildman–Crippen LogP) is 3.59. The Kier molecular flexibility index (Phi) is 2.28. The summed E-state index contributed by atoms with van der Waals surface area (Å²) in [6.45, 7) is 0. The van der Waals surface area contributed by atoms with Crippen molar-refractivity contribution < 1.29 is 0 Å². The van der Waals surface area contributed by atoms with Crippen molar-refractivity contribution in [2.45, 2.75) is 0 Å². The number of fused-ring (bicyclic) bond motifs is 1. The van der Waals surface area contributed by atoms with Crippen LogP contribution in [0.5, 0.6) is 0 Å². The highest BCUT2D eigenvalue weighted by Gasteiger charge is 2.04. The van der Waals surface area contributed by atoms with E-state index in [4.69, 9.17) is 34.8 Å². The van der Waals surface area contributed by atoms with E-state index in [2.05, 4.69) is 9.97 Å². The molecule has 13 heavy (non-hydrogen) atoms. The maximum atomic E-state index is 5.88. The van der Waals surface area contributed by atoms with E-state index in [1.807, 2.05) is 0 Å². The SMILES string of the molecule is Clc1cc(Cl)c2ncc(Cl)nc2c1. The van der Waals surface area contributed by atoms with Gasteiger partial charge in [0.25, 0.3) is 0 Å². The van der Waals surface area contributed by atoms with E-state index in [-0.39, 0.29) is 0 Å². The van der Waals surface area contributed by atoms with Crippen LogP contribution in [-0.4, -0.2) is 9.97 Å². The highest BCUT2D eigenvalue weighted by molar-refractivity contribution is 6.38. The maximum Gasteiger partial charge on any atom is 0.148 e. The molecule has 0 N–H and O–H groups in total. The molecule has 0 unspecified atom stereocenters. The second-order valence-electron chi connectivity index (χ2n) is 2.45. The molecule has 1 aromatic carbocycles. The van der Waals surface area contributed by atoms with Gasteiger partial charge in [-0.05, 0) is 12.1 Å². The zero-order chi connectivity index (χ0) is 9.42. The second-order valence-corrected chi connectivity index (χ2v) is 3.68. The quantitative estimate of drug-likeness (QED) is 0.695. The van der Waals surface area contributed by atoms with E-state index < -0.39 is 0 Å². The van der Waals surface area contributed by atoms with E-state index in [9.17, 15) is 0 Å². The van der Waals surface area contributed by atoms with Gasteiger partial charge < -0.3 is 0 Å². The van der Waals surface area contributed by atoms with Crippen LogP contribution in [0.2, 0.25) is 15.2 Å². The lowest BCUT2D eigenvalue weighted by molar-refractivity contribution is 1.29. The van der Waals surface area contributed by atoms with E-state index in [0.717, 1.165) is 0 Å². The molecule has 5 heteroatoms. The summed E-state index contributed by atoms with van der Waals surface area (Å²) in [7, 11) is 0. The number of nitrogens with zero attached hydrogens (tertiary/aromatic N) is 2. The average molecular weight is 233 g/mol. The monoisotopic (exact) mass is 232 g/mol. The summed E-state index contributed by atoms with van der Waals surface area (Å²) < 4.78 is 0. The molecule has 0 bridgehead atoms. The zero-order valence-corrected chi connectivity index (χ0v) is 8.53.